The summed E-state index contributed by atoms with van der Waals surface area (Å²) in [5, 5.41) is 2.08. The molecule has 0 saturated heterocycles. The van der Waals surface area contributed by atoms with Crippen molar-refractivity contribution in [2.45, 2.75) is 0 Å². The molecular weight excluding hydrogens is 234 g/mol. The van der Waals surface area contributed by atoms with E-state index in [9.17, 15) is 0 Å². The Morgan fingerprint density at radius 2 is 1.78 bits per heavy atom. The molecule has 53 valence electrons. The molecule has 0 saturated carbocycles. The van der Waals surface area contributed by atoms with Crippen LogP contribution in [0.1, 0.15) is 0 Å². The molecule has 1 rings (SSSR count). The molecule has 0 fully saturated rings. The molecule has 9 heavy (non-hydrogen) atoms. The Morgan fingerprint density at radius 3 is 1.89 bits per heavy atom. The minimum atomic E-state index is 0. The third-order valence-corrected chi connectivity index (χ3v) is 2.02. The van der Waals surface area contributed by atoms with E-state index < -0.39 is 0 Å². The number of thiophene rings is 1. The van der Waals surface area contributed by atoms with Gasteiger partial charge in [0.15, 0.2) is 0 Å². The van der Waals surface area contributed by atoms with E-state index in [-0.39, 0.29) is 37.2 Å². The van der Waals surface area contributed by atoms with Crippen molar-refractivity contribution < 1.29 is 20.4 Å². The Balaban J connectivity index is -0.000000120. The van der Waals surface area contributed by atoms with Gasteiger partial charge < -0.3 is 0 Å². The van der Waals surface area contributed by atoms with Crippen LogP contribution in [0.15, 0.2) is 17.5 Å². The summed E-state index contributed by atoms with van der Waals surface area (Å²) in [6.07, 6.45) is 0. The summed E-state index contributed by atoms with van der Waals surface area (Å²) in [5.74, 6) is 0. The average Bonchev–Trinajstić information content (AvgIpc) is 1.86. The summed E-state index contributed by atoms with van der Waals surface area (Å²) < 4.78 is 1.38. The topological polar surface area (TPSA) is 0 Å². The van der Waals surface area contributed by atoms with Gasteiger partial charge in [-0.3, -0.25) is 0 Å². The zero-order valence-corrected chi connectivity index (χ0v) is 9.19. The van der Waals surface area contributed by atoms with Crippen LogP contribution in [0.4, 0.5) is 0 Å². The van der Waals surface area contributed by atoms with Gasteiger partial charge in [-0.25, -0.2) is 0 Å². The second kappa shape index (κ2) is 9.28. The molecule has 0 aliphatic heterocycles. The van der Waals surface area contributed by atoms with Crippen molar-refractivity contribution in [1.29, 1.82) is 0 Å². The van der Waals surface area contributed by atoms with Gasteiger partial charge in [0, 0.05) is 0 Å². The third-order valence-electron chi connectivity index (χ3n) is 0.521. The van der Waals surface area contributed by atoms with Gasteiger partial charge in [-0.05, 0) is 0 Å². The van der Waals surface area contributed by atoms with E-state index in [0.29, 0.717) is 0 Å². The van der Waals surface area contributed by atoms with E-state index >= 15 is 0 Å². The summed E-state index contributed by atoms with van der Waals surface area (Å²) >= 11 is 3.88. The van der Waals surface area contributed by atoms with Crippen LogP contribution in [0.3, 0.4) is 0 Å². The van der Waals surface area contributed by atoms with E-state index in [2.05, 4.69) is 37.9 Å². The van der Waals surface area contributed by atoms with Crippen LogP contribution in [0.2, 0.25) is 0 Å². The van der Waals surface area contributed by atoms with Crippen molar-refractivity contribution in [1.82, 2.24) is 0 Å². The molecule has 1 aromatic rings. The van der Waals surface area contributed by atoms with Crippen LogP contribution in [-0.4, -0.2) is 0 Å². The van der Waals surface area contributed by atoms with Gasteiger partial charge in [0.2, 0.25) is 0 Å². The summed E-state index contributed by atoms with van der Waals surface area (Å²) in [6, 6.07) is 4.16. The molecule has 0 atom stereocenters. The van der Waals surface area contributed by atoms with Crippen molar-refractivity contribution in [3.63, 3.8) is 0 Å². The Hall–Kier alpha value is 1.28. The van der Waals surface area contributed by atoms with Crippen molar-refractivity contribution in [2.75, 3.05) is 0 Å². The summed E-state index contributed by atoms with van der Waals surface area (Å²) in [5.41, 5.74) is 0. The maximum absolute atomic E-state index is 2.10. The monoisotopic (exact) mass is 239 g/mol. The Bertz CT molecular complexity index is 119. The molecule has 0 spiro atoms. The van der Waals surface area contributed by atoms with Crippen LogP contribution >= 0.6 is 48.6 Å². The number of rotatable bonds is 0. The molecule has 5 heteroatoms. The zero-order valence-electron chi connectivity index (χ0n) is 4.37. The van der Waals surface area contributed by atoms with Crippen molar-refractivity contribution in [2.24, 2.45) is 0 Å². The van der Waals surface area contributed by atoms with E-state index in [0.717, 1.165) is 0 Å². The van der Waals surface area contributed by atoms with Crippen molar-refractivity contribution in [3.8, 4) is 0 Å². The van der Waals surface area contributed by atoms with Crippen LogP contribution in [-0.2, 0) is 20.4 Å². The first kappa shape index (κ1) is 16.7. The number of halogens is 3. The van der Waals surface area contributed by atoms with E-state index in [1.54, 1.807) is 11.3 Å². The first-order valence-electron chi connectivity index (χ1n) is 1.65. The van der Waals surface area contributed by atoms with Gasteiger partial charge in [0.05, 0.1) is 0 Å². The molecule has 0 N–H and O–H groups in total. The molecular formula is C4H6Cl3STi. The molecule has 0 radical (unpaired) electrons. The average molecular weight is 240 g/mol. The van der Waals surface area contributed by atoms with Crippen LogP contribution in [0, 0.1) is 0 Å². The van der Waals surface area contributed by atoms with Gasteiger partial charge in [-0.15, -0.1) is 37.2 Å². The molecule has 0 amide bonds. The minimum absolute atomic E-state index is 0. The number of hydrogen-bond acceptors (Lipinski definition) is 1. The van der Waals surface area contributed by atoms with E-state index in [4.69, 9.17) is 0 Å². The predicted octanol–water partition coefficient (Wildman–Crippen LogP) is 2.19. The van der Waals surface area contributed by atoms with Gasteiger partial charge in [0.25, 0.3) is 0 Å². The quantitative estimate of drug-likeness (QED) is 0.610. The second-order valence-corrected chi connectivity index (χ2v) is 3.33. The fraction of sp³-hybridized carbons (Fsp3) is 0. The Kier molecular flexibility index (Phi) is 17.2. The first-order valence-corrected chi connectivity index (χ1v) is 3.31. The van der Waals surface area contributed by atoms with Crippen LogP contribution in [0.25, 0.3) is 0 Å². The Labute approximate surface area is 89.1 Å². The predicted molar refractivity (Wildman–Crippen MR) is 45.7 cm³/mol. The maximum atomic E-state index is 2.10. The van der Waals surface area contributed by atoms with Gasteiger partial charge in [0.1, 0.15) is 0 Å². The molecule has 0 nitrogen and oxygen atoms in total. The summed E-state index contributed by atoms with van der Waals surface area (Å²) in [7, 11) is 0. The van der Waals surface area contributed by atoms with Gasteiger partial charge >= 0.3 is 52.5 Å². The van der Waals surface area contributed by atoms with Crippen molar-refractivity contribution >= 4 is 51.7 Å². The standard InChI is InChI=1S/C4H3S.3ClH.Ti/c1-2-4-5-3-1;;;;/h1-3H;3*1H;. The van der Waals surface area contributed by atoms with Crippen molar-refractivity contribution in [3.05, 3.63) is 17.5 Å². The molecule has 0 aromatic carbocycles. The molecule has 0 aliphatic rings. The third kappa shape index (κ3) is 7.18. The molecule has 0 unspecified atom stereocenters. The normalized spacial score (nSPS) is 5.67. The van der Waals surface area contributed by atoms with Crippen LogP contribution < -0.4 is 3.18 Å². The Morgan fingerprint density at radius 1 is 1.22 bits per heavy atom. The first-order chi connectivity index (χ1) is 2.89. The molecule has 1 aromatic heterocycles. The second-order valence-electron chi connectivity index (χ2n) is 0.977. The number of hydrogen-bond donors (Lipinski definition) is 0. The molecule has 0 bridgehead atoms. The summed E-state index contributed by atoms with van der Waals surface area (Å²) in [6.45, 7) is 0. The summed E-state index contributed by atoms with van der Waals surface area (Å²) in [4.78, 5) is 0. The van der Waals surface area contributed by atoms with E-state index in [1.165, 1.54) is 3.18 Å². The van der Waals surface area contributed by atoms with Gasteiger partial charge in [-0.2, -0.15) is 0 Å². The van der Waals surface area contributed by atoms with E-state index in [1.807, 2.05) is 0 Å². The SMILES string of the molecule is Cl.Cl.Cl.[Ti][c]1cccs1. The zero-order chi connectivity index (χ0) is 4.41. The van der Waals surface area contributed by atoms with Crippen LogP contribution in [0.5, 0.6) is 0 Å². The molecule has 0 aliphatic carbocycles. The fourth-order valence-corrected chi connectivity index (χ4v) is 1.21. The fourth-order valence-electron chi connectivity index (χ4n) is 0.279. The van der Waals surface area contributed by atoms with Gasteiger partial charge in [-0.1, -0.05) is 0 Å². The molecule has 1 heterocycles.